The van der Waals surface area contributed by atoms with Gasteiger partial charge in [-0.15, -0.1) is 11.3 Å². The van der Waals surface area contributed by atoms with E-state index >= 15 is 0 Å². The summed E-state index contributed by atoms with van der Waals surface area (Å²) >= 11 is 3.12. The van der Waals surface area contributed by atoms with Gasteiger partial charge in [0.1, 0.15) is 5.00 Å². The minimum Gasteiger partial charge on any atom is -0.354 e. The fourth-order valence-electron chi connectivity index (χ4n) is 2.82. The van der Waals surface area contributed by atoms with Crippen LogP contribution >= 0.6 is 22.9 Å². The first-order valence-electron chi connectivity index (χ1n) is 7.60. The normalized spacial score (nSPS) is 17.7. The quantitative estimate of drug-likeness (QED) is 0.757. The smallest absolute Gasteiger partial charge is 0.230 e. The van der Waals surface area contributed by atoms with Gasteiger partial charge in [0.15, 0.2) is 5.82 Å². The number of hydrogen-bond acceptors (Lipinski definition) is 8. The third kappa shape index (κ3) is 2.89. The molecule has 0 spiro atoms. The van der Waals surface area contributed by atoms with Crippen LogP contribution in [-0.4, -0.2) is 40.5 Å². The number of thiophene rings is 1. The zero-order valence-electron chi connectivity index (χ0n) is 13.0. The maximum absolute atomic E-state index is 4.79. The molecule has 0 saturated carbocycles. The number of nitrogens with zero attached hydrogens (tertiary/aromatic N) is 4. The van der Waals surface area contributed by atoms with E-state index in [-0.39, 0.29) is 0 Å². The highest BCUT2D eigenvalue weighted by Gasteiger charge is 2.23. The summed E-state index contributed by atoms with van der Waals surface area (Å²) in [7, 11) is 2.12. The summed E-state index contributed by atoms with van der Waals surface area (Å²) < 4.78 is 5.44. The van der Waals surface area contributed by atoms with Crippen LogP contribution in [0.15, 0.2) is 17.5 Å². The monoisotopic (exact) mass is 346 g/mol. The van der Waals surface area contributed by atoms with Crippen molar-refractivity contribution in [3.8, 4) is 0 Å². The molecule has 0 aliphatic carbocycles. The Morgan fingerprint density at radius 2 is 2.30 bits per heavy atom. The first-order valence-corrected chi connectivity index (χ1v) is 9.25. The van der Waals surface area contributed by atoms with Gasteiger partial charge in [-0.3, -0.25) is 0 Å². The Morgan fingerprint density at radius 3 is 3.04 bits per heavy atom. The van der Waals surface area contributed by atoms with Gasteiger partial charge in [0.25, 0.3) is 0 Å². The second-order valence-corrected chi connectivity index (χ2v) is 7.44. The molecule has 1 atom stereocenters. The average Bonchev–Trinajstić information content (AvgIpc) is 3.26. The lowest BCUT2D eigenvalue weighted by Gasteiger charge is -2.25. The third-order valence-corrected chi connectivity index (χ3v) is 5.76. The Balaban J connectivity index is 1.71. The first-order chi connectivity index (χ1) is 11.2. The highest BCUT2D eigenvalue weighted by molar-refractivity contribution is 7.17. The summed E-state index contributed by atoms with van der Waals surface area (Å²) in [6, 6.07) is 4.54. The van der Waals surface area contributed by atoms with Crippen molar-refractivity contribution < 1.29 is 0 Å². The molecular weight excluding hydrogens is 328 g/mol. The van der Waals surface area contributed by atoms with Gasteiger partial charge in [0.2, 0.25) is 5.95 Å². The van der Waals surface area contributed by atoms with E-state index in [9.17, 15) is 0 Å². The highest BCUT2D eigenvalue weighted by Crippen LogP contribution is 2.32. The highest BCUT2D eigenvalue weighted by atomic mass is 32.1. The molecule has 6 nitrogen and oxygen atoms in total. The standard InChI is InChI=1S/C15H18N6S2/c1-9-7-12(23-20-9)18-15-17-11-4-6-22-13(11)14(19-15)21(2)10-3-5-16-8-10/h4,6-7,10,16H,3,5,8H2,1-2H3,(H,17,18,19)/t10-/m1/s1. The minimum atomic E-state index is 0.480. The average molecular weight is 346 g/mol. The van der Waals surface area contributed by atoms with Crippen LogP contribution in [0.1, 0.15) is 12.1 Å². The number of hydrogen-bond donors (Lipinski definition) is 2. The molecule has 3 aromatic heterocycles. The topological polar surface area (TPSA) is 66.0 Å². The minimum absolute atomic E-state index is 0.480. The number of aromatic nitrogens is 3. The van der Waals surface area contributed by atoms with Gasteiger partial charge < -0.3 is 15.5 Å². The van der Waals surface area contributed by atoms with Gasteiger partial charge in [0, 0.05) is 19.6 Å². The van der Waals surface area contributed by atoms with Crippen LogP contribution in [0.5, 0.6) is 0 Å². The molecule has 0 amide bonds. The maximum Gasteiger partial charge on any atom is 0.230 e. The maximum atomic E-state index is 4.79. The van der Waals surface area contributed by atoms with E-state index in [1.54, 1.807) is 11.3 Å². The molecule has 1 aliphatic heterocycles. The van der Waals surface area contributed by atoms with E-state index in [4.69, 9.17) is 4.98 Å². The molecule has 4 rings (SSSR count). The molecule has 0 unspecified atom stereocenters. The fraction of sp³-hybridized carbons (Fsp3) is 0.400. The molecule has 1 aliphatic rings. The lowest BCUT2D eigenvalue weighted by molar-refractivity contribution is 0.680. The Hall–Kier alpha value is -1.77. The van der Waals surface area contributed by atoms with Crippen molar-refractivity contribution in [2.75, 3.05) is 30.4 Å². The number of fused-ring (bicyclic) bond motifs is 1. The van der Waals surface area contributed by atoms with Crippen LogP contribution in [-0.2, 0) is 0 Å². The van der Waals surface area contributed by atoms with Gasteiger partial charge in [-0.1, -0.05) is 0 Å². The van der Waals surface area contributed by atoms with Gasteiger partial charge in [-0.05, 0) is 48.9 Å². The van der Waals surface area contributed by atoms with Gasteiger partial charge in [-0.2, -0.15) is 9.36 Å². The molecule has 3 aromatic rings. The molecule has 120 valence electrons. The Morgan fingerprint density at radius 1 is 1.39 bits per heavy atom. The molecule has 2 N–H and O–H groups in total. The van der Waals surface area contributed by atoms with Crippen molar-refractivity contribution in [1.82, 2.24) is 19.7 Å². The van der Waals surface area contributed by atoms with E-state index in [2.05, 4.69) is 43.4 Å². The number of anilines is 3. The summed E-state index contributed by atoms with van der Waals surface area (Å²) in [4.78, 5) is 11.7. The number of likely N-dealkylation sites (N-methyl/N-ethyl adjacent to an activating group) is 1. The van der Waals surface area contributed by atoms with Gasteiger partial charge in [-0.25, -0.2) is 4.98 Å². The Labute approximate surface area is 142 Å². The molecule has 8 heteroatoms. The second kappa shape index (κ2) is 6.03. The predicted molar refractivity (Wildman–Crippen MR) is 97.2 cm³/mol. The Kier molecular flexibility index (Phi) is 3.88. The molecule has 0 radical (unpaired) electrons. The lowest BCUT2D eigenvalue weighted by Crippen LogP contribution is -2.34. The summed E-state index contributed by atoms with van der Waals surface area (Å²) in [5, 5.41) is 9.75. The van der Waals surface area contributed by atoms with Crippen LogP contribution in [0.2, 0.25) is 0 Å². The first kappa shape index (κ1) is 14.8. The molecule has 1 saturated heterocycles. The van der Waals surface area contributed by atoms with Crippen molar-refractivity contribution in [2.24, 2.45) is 0 Å². The lowest BCUT2D eigenvalue weighted by atomic mass is 10.2. The summed E-state index contributed by atoms with van der Waals surface area (Å²) in [6.07, 6.45) is 1.14. The van der Waals surface area contributed by atoms with Crippen LogP contribution < -0.4 is 15.5 Å². The number of rotatable bonds is 4. The van der Waals surface area contributed by atoms with E-state index in [0.717, 1.165) is 46.2 Å². The van der Waals surface area contributed by atoms with Crippen LogP contribution in [0.3, 0.4) is 0 Å². The van der Waals surface area contributed by atoms with Gasteiger partial charge >= 0.3 is 0 Å². The van der Waals surface area contributed by atoms with Crippen molar-refractivity contribution in [2.45, 2.75) is 19.4 Å². The Bertz CT molecular complexity index is 820. The summed E-state index contributed by atoms with van der Waals surface area (Å²) in [5.74, 6) is 1.63. The fourth-order valence-corrected chi connectivity index (χ4v) is 4.34. The predicted octanol–water partition coefficient (Wildman–Crippen LogP) is 3.00. The van der Waals surface area contributed by atoms with E-state index in [1.165, 1.54) is 11.5 Å². The van der Waals surface area contributed by atoms with Crippen molar-refractivity contribution in [3.63, 3.8) is 0 Å². The van der Waals surface area contributed by atoms with Crippen molar-refractivity contribution in [3.05, 3.63) is 23.2 Å². The van der Waals surface area contributed by atoms with E-state index in [1.807, 2.05) is 13.0 Å². The molecule has 4 heterocycles. The van der Waals surface area contributed by atoms with E-state index in [0.29, 0.717) is 12.0 Å². The number of nitrogens with one attached hydrogen (secondary N) is 2. The molecule has 0 aromatic carbocycles. The zero-order valence-corrected chi connectivity index (χ0v) is 14.7. The largest absolute Gasteiger partial charge is 0.354 e. The second-order valence-electron chi connectivity index (χ2n) is 5.72. The number of aryl methyl sites for hydroxylation is 1. The zero-order chi connectivity index (χ0) is 15.8. The van der Waals surface area contributed by atoms with E-state index < -0.39 is 0 Å². The van der Waals surface area contributed by atoms with Crippen molar-refractivity contribution >= 4 is 49.9 Å². The molecule has 1 fully saturated rings. The van der Waals surface area contributed by atoms with Crippen molar-refractivity contribution in [1.29, 1.82) is 0 Å². The summed E-state index contributed by atoms with van der Waals surface area (Å²) in [6.45, 7) is 4.06. The van der Waals surface area contributed by atoms with Crippen LogP contribution in [0, 0.1) is 6.92 Å². The summed E-state index contributed by atoms with van der Waals surface area (Å²) in [5.41, 5.74) is 1.99. The SMILES string of the molecule is Cc1cc(Nc2nc(N(C)[C@@H]3CCNC3)c3sccc3n2)sn1. The molecule has 23 heavy (non-hydrogen) atoms. The molecular formula is C15H18N6S2. The van der Waals surface area contributed by atoms with Crippen LogP contribution in [0.25, 0.3) is 10.2 Å². The molecule has 0 bridgehead atoms. The third-order valence-electron chi connectivity index (χ3n) is 4.06. The van der Waals surface area contributed by atoms with Crippen LogP contribution in [0.4, 0.5) is 16.8 Å². The van der Waals surface area contributed by atoms with Gasteiger partial charge in [0.05, 0.1) is 15.9 Å².